The molecule has 5 heteroatoms. The standard InChI is InChI=1S/C34H29NO4/c36-34(38-22-32-30-15-6-4-13-28(30)29-14-5-7-16-31(29)32)35-24-18-23(19-25(35)21-37-20-24)27-12-8-9-17-33(27)39-26-10-2-1-3-11-26/h1-18,24-25,32H,19-22H2. The van der Waals surface area contributed by atoms with E-state index in [1.54, 1.807) is 0 Å². The normalized spacial score (nSPS) is 19.6. The third-order valence-corrected chi connectivity index (χ3v) is 7.95. The smallest absolute Gasteiger partial charge is 0.410 e. The monoisotopic (exact) mass is 515 g/mol. The molecule has 0 spiro atoms. The van der Waals surface area contributed by atoms with Crippen LogP contribution in [0, 0.1) is 0 Å². The summed E-state index contributed by atoms with van der Waals surface area (Å²) in [6.45, 7) is 1.25. The Morgan fingerprint density at radius 2 is 1.41 bits per heavy atom. The van der Waals surface area contributed by atoms with Crippen LogP contribution in [0.2, 0.25) is 0 Å². The molecule has 1 aliphatic carbocycles. The van der Waals surface area contributed by atoms with Crippen molar-refractivity contribution in [3.63, 3.8) is 0 Å². The van der Waals surface area contributed by atoms with Gasteiger partial charge in [0.05, 0.1) is 25.3 Å². The average molecular weight is 516 g/mol. The van der Waals surface area contributed by atoms with Gasteiger partial charge in [-0.05, 0) is 52.4 Å². The first kappa shape index (κ1) is 23.7. The van der Waals surface area contributed by atoms with E-state index in [2.05, 4.69) is 60.7 Å². The maximum absolute atomic E-state index is 13.5. The summed E-state index contributed by atoms with van der Waals surface area (Å²) >= 11 is 0. The van der Waals surface area contributed by atoms with Gasteiger partial charge in [0.1, 0.15) is 18.1 Å². The molecule has 2 aliphatic heterocycles. The fraction of sp³-hybridized carbons (Fsp3) is 0.206. The number of nitrogens with zero attached hydrogens (tertiary/aromatic N) is 1. The van der Waals surface area contributed by atoms with Gasteiger partial charge in [-0.1, -0.05) is 91.0 Å². The summed E-state index contributed by atoms with van der Waals surface area (Å²) in [5.74, 6) is 1.64. The fourth-order valence-electron chi connectivity index (χ4n) is 6.19. The molecular weight excluding hydrogens is 486 g/mol. The van der Waals surface area contributed by atoms with Crippen LogP contribution in [0.1, 0.15) is 29.0 Å². The van der Waals surface area contributed by atoms with Gasteiger partial charge in [-0.15, -0.1) is 0 Å². The van der Waals surface area contributed by atoms with E-state index in [9.17, 15) is 4.79 Å². The number of fused-ring (bicyclic) bond motifs is 5. The van der Waals surface area contributed by atoms with Crippen LogP contribution in [0.3, 0.4) is 0 Å². The van der Waals surface area contributed by atoms with Crippen LogP contribution in [-0.4, -0.2) is 42.9 Å². The quantitative estimate of drug-likeness (QED) is 0.280. The summed E-state index contributed by atoms with van der Waals surface area (Å²) in [4.78, 5) is 15.4. The predicted molar refractivity (Wildman–Crippen MR) is 151 cm³/mol. The van der Waals surface area contributed by atoms with Crippen LogP contribution >= 0.6 is 0 Å². The minimum atomic E-state index is -0.278. The topological polar surface area (TPSA) is 48.0 Å². The Hall–Kier alpha value is -4.35. The lowest BCUT2D eigenvalue weighted by Gasteiger charge is -2.44. The molecule has 0 N–H and O–H groups in total. The van der Waals surface area contributed by atoms with E-state index in [-0.39, 0.29) is 24.1 Å². The van der Waals surface area contributed by atoms with E-state index in [1.165, 1.54) is 27.8 Å². The van der Waals surface area contributed by atoms with Crippen molar-refractivity contribution in [2.45, 2.75) is 24.4 Å². The number of morpholine rings is 1. The molecule has 2 bridgehead atoms. The molecule has 2 unspecified atom stereocenters. The van der Waals surface area contributed by atoms with Gasteiger partial charge in [-0.25, -0.2) is 4.79 Å². The highest BCUT2D eigenvalue weighted by atomic mass is 16.6. The highest BCUT2D eigenvalue weighted by molar-refractivity contribution is 5.80. The molecule has 0 radical (unpaired) electrons. The molecule has 3 aliphatic rings. The SMILES string of the molecule is O=C(OCC1c2ccccc2-c2ccccc21)N1C2C=C(c3ccccc3Oc3ccccc3)CC1COC2. The zero-order valence-electron chi connectivity index (χ0n) is 21.5. The van der Waals surface area contributed by atoms with Crippen molar-refractivity contribution in [3.05, 3.63) is 126 Å². The van der Waals surface area contributed by atoms with Gasteiger partial charge < -0.3 is 14.2 Å². The number of hydrogen-bond acceptors (Lipinski definition) is 4. The minimum Gasteiger partial charge on any atom is -0.457 e. The first-order valence-electron chi connectivity index (χ1n) is 13.5. The third-order valence-electron chi connectivity index (χ3n) is 7.95. The molecular formula is C34H29NO4. The van der Waals surface area contributed by atoms with Gasteiger partial charge in [0.2, 0.25) is 0 Å². The summed E-state index contributed by atoms with van der Waals surface area (Å²) in [6, 6.07) is 34.4. The number of hydrogen-bond donors (Lipinski definition) is 0. The number of carbonyl (C=O) groups is 1. The lowest BCUT2D eigenvalue weighted by molar-refractivity contribution is -0.0331. The molecule has 2 atom stereocenters. The molecule has 1 fully saturated rings. The molecule has 194 valence electrons. The summed E-state index contributed by atoms with van der Waals surface area (Å²) in [5, 5.41) is 0. The highest BCUT2D eigenvalue weighted by Crippen LogP contribution is 2.45. The van der Waals surface area contributed by atoms with E-state index in [0.717, 1.165) is 17.1 Å². The van der Waals surface area contributed by atoms with E-state index >= 15 is 0 Å². The molecule has 5 nitrogen and oxygen atoms in total. The molecule has 0 aromatic heterocycles. The molecule has 39 heavy (non-hydrogen) atoms. The van der Waals surface area contributed by atoms with E-state index in [0.29, 0.717) is 26.2 Å². The van der Waals surface area contributed by atoms with Crippen LogP contribution < -0.4 is 4.74 Å². The number of ether oxygens (including phenoxy) is 3. The number of carbonyl (C=O) groups excluding carboxylic acids is 1. The fourth-order valence-corrected chi connectivity index (χ4v) is 6.19. The van der Waals surface area contributed by atoms with Crippen molar-refractivity contribution in [2.75, 3.05) is 19.8 Å². The Bertz CT molecular complexity index is 1500. The Kier molecular flexibility index (Phi) is 6.14. The first-order valence-corrected chi connectivity index (χ1v) is 13.5. The number of benzene rings is 4. The van der Waals surface area contributed by atoms with E-state index < -0.39 is 0 Å². The maximum atomic E-state index is 13.5. The van der Waals surface area contributed by atoms with Crippen LogP contribution in [0.4, 0.5) is 4.79 Å². The van der Waals surface area contributed by atoms with Crippen molar-refractivity contribution in [2.24, 2.45) is 0 Å². The second kappa shape index (κ2) is 10.1. The van der Waals surface area contributed by atoms with Crippen LogP contribution in [0.5, 0.6) is 11.5 Å². The molecule has 1 amide bonds. The van der Waals surface area contributed by atoms with Gasteiger partial charge in [-0.2, -0.15) is 0 Å². The van der Waals surface area contributed by atoms with Gasteiger partial charge in [0.15, 0.2) is 0 Å². The molecule has 4 aromatic carbocycles. The predicted octanol–water partition coefficient (Wildman–Crippen LogP) is 7.28. The minimum absolute atomic E-state index is 0.0374. The van der Waals surface area contributed by atoms with Crippen molar-refractivity contribution >= 4 is 11.7 Å². The Labute approximate surface area is 228 Å². The summed E-state index contributed by atoms with van der Waals surface area (Å²) < 4.78 is 18.1. The number of para-hydroxylation sites is 2. The average Bonchev–Trinajstić information content (AvgIpc) is 3.30. The maximum Gasteiger partial charge on any atom is 0.410 e. The largest absolute Gasteiger partial charge is 0.457 e. The van der Waals surface area contributed by atoms with Gasteiger partial charge in [0, 0.05) is 11.5 Å². The van der Waals surface area contributed by atoms with E-state index in [4.69, 9.17) is 14.2 Å². The van der Waals surface area contributed by atoms with Crippen molar-refractivity contribution in [3.8, 4) is 22.6 Å². The highest BCUT2D eigenvalue weighted by Gasteiger charge is 2.40. The Balaban J connectivity index is 1.11. The molecule has 1 saturated heterocycles. The zero-order chi connectivity index (χ0) is 26.2. The third kappa shape index (κ3) is 4.39. The Morgan fingerprint density at radius 3 is 2.13 bits per heavy atom. The van der Waals surface area contributed by atoms with Gasteiger partial charge in [0.25, 0.3) is 0 Å². The van der Waals surface area contributed by atoms with Crippen LogP contribution in [-0.2, 0) is 9.47 Å². The van der Waals surface area contributed by atoms with E-state index in [1.807, 2.05) is 53.4 Å². The molecule has 0 saturated carbocycles. The summed E-state index contributed by atoms with van der Waals surface area (Å²) in [6.07, 6.45) is 2.54. The second-order valence-electron chi connectivity index (χ2n) is 10.3. The second-order valence-corrected chi connectivity index (χ2v) is 10.3. The number of amides is 1. The number of rotatable bonds is 5. The zero-order valence-corrected chi connectivity index (χ0v) is 21.5. The first-order chi connectivity index (χ1) is 19.3. The van der Waals surface area contributed by atoms with Crippen LogP contribution in [0.25, 0.3) is 16.7 Å². The van der Waals surface area contributed by atoms with Gasteiger partial charge >= 0.3 is 6.09 Å². The lowest BCUT2D eigenvalue weighted by Crippen LogP contribution is -2.56. The molecule has 7 rings (SSSR count). The lowest BCUT2D eigenvalue weighted by atomic mass is 9.89. The summed E-state index contributed by atoms with van der Waals surface area (Å²) in [7, 11) is 0. The molecule has 4 aromatic rings. The van der Waals surface area contributed by atoms with Gasteiger partial charge in [-0.3, -0.25) is 4.90 Å². The summed E-state index contributed by atoms with van der Waals surface area (Å²) in [5.41, 5.74) is 7.09. The Morgan fingerprint density at radius 1 is 0.769 bits per heavy atom. The van der Waals surface area contributed by atoms with Crippen LogP contribution in [0.15, 0.2) is 109 Å². The molecule has 2 heterocycles. The van der Waals surface area contributed by atoms with Crippen molar-refractivity contribution < 1.29 is 19.0 Å². The van der Waals surface area contributed by atoms with Crippen molar-refractivity contribution in [1.82, 2.24) is 4.90 Å². The van der Waals surface area contributed by atoms with Crippen molar-refractivity contribution in [1.29, 1.82) is 0 Å².